The van der Waals surface area contributed by atoms with Gasteiger partial charge in [-0.15, -0.1) is 0 Å². The fraction of sp³-hybridized carbons (Fsp3) is 1.00. The summed E-state index contributed by atoms with van der Waals surface area (Å²) in [5.74, 6) is 0. The Bertz CT molecular complexity index is 293. The van der Waals surface area contributed by atoms with Gasteiger partial charge in [-0.2, -0.15) is 0 Å². The Morgan fingerprint density at radius 1 is 0.444 bits per heavy atom. The molecule has 0 aromatic rings. The molecule has 0 saturated heterocycles. The van der Waals surface area contributed by atoms with Crippen molar-refractivity contribution in [3.05, 3.63) is 0 Å². The van der Waals surface area contributed by atoms with Gasteiger partial charge in [0.1, 0.15) is 0 Å². The Hall–Kier alpha value is 0.234. The van der Waals surface area contributed by atoms with E-state index >= 15 is 0 Å². The minimum atomic E-state index is -2.76. The summed E-state index contributed by atoms with van der Waals surface area (Å²) in [5, 5.41) is 0. The zero-order valence-electron chi connectivity index (χ0n) is 18.9. The van der Waals surface area contributed by atoms with Crippen LogP contribution in [-0.2, 0) is 21.8 Å². The van der Waals surface area contributed by atoms with Crippen molar-refractivity contribution in [2.45, 2.75) is 103 Å². The molecule has 0 bridgehead atoms. The molecular weight excluding hydrogens is 376 g/mol. The number of hydrogen-bond acceptors (Lipinski definition) is 5. The highest BCUT2D eigenvalue weighted by Crippen LogP contribution is 2.28. The molecule has 5 nitrogen and oxygen atoms in total. The summed E-state index contributed by atoms with van der Waals surface area (Å²) in [7, 11) is 1.27. The molecule has 0 aromatic heterocycles. The standard InChI is InChI=1S/C20H46O5Si2/c1-7-9-11-13-15-17-19-26(21-3,22-4)25-27(23-5,24-6)20-18-16-14-12-10-8-2/h7-20H2,1-6H3. The fourth-order valence-corrected chi connectivity index (χ4v) is 9.89. The second kappa shape index (κ2) is 17.1. The van der Waals surface area contributed by atoms with Crippen molar-refractivity contribution in [3.8, 4) is 0 Å². The summed E-state index contributed by atoms with van der Waals surface area (Å²) in [4.78, 5) is 0. The van der Waals surface area contributed by atoms with Crippen LogP contribution < -0.4 is 0 Å². The Labute approximate surface area is 171 Å². The zero-order chi connectivity index (χ0) is 20.4. The molecular formula is C20H46O5Si2. The van der Waals surface area contributed by atoms with E-state index in [1.54, 1.807) is 28.4 Å². The van der Waals surface area contributed by atoms with E-state index in [4.69, 9.17) is 21.8 Å². The molecule has 0 spiro atoms. The van der Waals surface area contributed by atoms with Crippen LogP contribution >= 0.6 is 0 Å². The van der Waals surface area contributed by atoms with Crippen LogP contribution in [0.15, 0.2) is 0 Å². The summed E-state index contributed by atoms with van der Waals surface area (Å²) in [5.41, 5.74) is 0. The van der Waals surface area contributed by atoms with Gasteiger partial charge >= 0.3 is 17.6 Å². The molecule has 0 saturated carbocycles. The van der Waals surface area contributed by atoms with Gasteiger partial charge in [0.15, 0.2) is 0 Å². The van der Waals surface area contributed by atoms with E-state index in [1.165, 1.54) is 64.2 Å². The van der Waals surface area contributed by atoms with E-state index in [0.29, 0.717) is 0 Å². The monoisotopic (exact) mass is 422 g/mol. The van der Waals surface area contributed by atoms with Gasteiger partial charge in [-0.3, -0.25) is 0 Å². The summed E-state index contributed by atoms with van der Waals surface area (Å²) in [6.07, 6.45) is 14.8. The van der Waals surface area contributed by atoms with Crippen LogP contribution in [-0.4, -0.2) is 46.0 Å². The molecule has 0 fully saturated rings. The molecule has 0 aromatic carbocycles. The van der Waals surface area contributed by atoms with E-state index < -0.39 is 17.6 Å². The Morgan fingerprint density at radius 2 is 0.741 bits per heavy atom. The maximum atomic E-state index is 6.47. The molecule has 0 unspecified atom stereocenters. The molecule has 0 radical (unpaired) electrons. The third-order valence-corrected chi connectivity index (χ3v) is 12.1. The average molecular weight is 423 g/mol. The molecule has 0 amide bonds. The first-order valence-electron chi connectivity index (χ1n) is 11.0. The van der Waals surface area contributed by atoms with Crippen LogP contribution in [0.4, 0.5) is 0 Å². The predicted octanol–water partition coefficient (Wildman–Crippen LogP) is 6.19. The maximum absolute atomic E-state index is 6.47. The third-order valence-electron chi connectivity index (χ3n) is 5.23. The van der Waals surface area contributed by atoms with Gasteiger partial charge < -0.3 is 21.8 Å². The lowest BCUT2D eigenvalue weighted by Crippen LogP contribution is -2.57. The number of unbranched alkanes of at least 4 members (excludes halogenated alkanes) is 10. The first-order chi connectivity index (χ1) is 13.1. The minimum absolute atomic E-state index is 0.824. The molecule has 164 valence electrons. The van der Waals surface area contributed by atoms with Crippen LogP contribution in [0.25, 0.3) is 0 Å². The molecule has 0 aliphatic rings. The van der Waals surface area contributed by atoms with E-state index in [-0.39, 0.29) is 0 Å². The maximum Gasteiger partial charge on any atom is 0.493 e. The van der Waals surface area contributed by atoms with Gasteiger partial charge in [0, 0.05) is 40.5 Å². The topological polar surface area (TPSA) is 46.2 Å². The lowest BCUT2D eigenvalue weighted by Gasteiger charge is -2.35. The molecule has 0 atom stereocenters. The number of hydrogen-bond donors (Lipinski definition) is 0. The van der Waals surface area contributed by atoms with Gasteiger partial charge in [-0.25, -0.2) is 0 Å². The van der Waals surface area contributed by atoms with Gasteiger partial charge in [0.2, 0.25) is 0 Å². The molecule has 0 rings (SSSR count). The lowest BCUT2D eigenvalue weighted by molar-refractivity contribution is 0.0856. The summed E-state index contributed by atoms with van der Waals surface area (Å²) < 4.78 is 29.7. The van der Waals surface area contributed by atoms with Crippen LogP contribution in [0.2, 0.25) is 12.1 Å². The molecule has 0 aliphatic heterocycles. The fourth-order valence-electron chi connectivity index (χ4n) is 3.32. The van der Waals surface area contributed by atoms with Crippen LogP contribution in [0.1, 0.15) is 90.9 Å². The summed E-state index contributed by atoms with van der Waals surface area (Å²) >= 11 is 0. The van der Waals surface area contributed by atoms with Crippen molar-refractivity contribution in [1.29, 1.82) is 0 Å². The van der Waals surface area contributed by atoms with Gasteiger partial charge in [0.25, 0.3) is 0 Å². The molecule has 0 N–H and O–H groups in total. The predicted molar refractivity (Wildman–Crippen MR) is 117 cm³/mol. The normalized spacial score (nSPS) is 12.7. The van der Waals surface area contributed by atoms with E-state index in [9.17, 15) is 0 Å². The smallest absolute Gasteiger partial charge is 0.377 e. The second-order valence-corrected chi connectivity index (χ2v) is 13.5. The Balaban J connectivity index is 4.59. The third kappa shape index (κ3) is 11.7. The zero-order valence-corrected chi connectivity index (χ0v) is 20.9. The van der Waals surface area contributed by atoms with Crippen LogP contribution in [0, 0.1) is 0 Å². The lowest BCUT2D eigenvalue weighted by atomic mass is 10.1. The highest BCUT2D eigenvalue weighted by atomic mass is 28.5. The average Bonchev–Trinajstić information content (AvgIpc) is 2.71. The second-order valence-electron chi connectivity index (χ2n) is 7.32. The Morgan fingerprint density at radius 3 is 1.04 bits per heavy atom. The largest absolute Gasteiger partial charge is 0.493 e. The van der Waals surface area contributed by atoms with E-state index in [2.05, 4.69) is 13.8 Å². The number of rotatable bonds is 20. The molecule has 7 heteroatoms. The van der Waals surface area contributed by atoms with Crippen molar-refractivity contribution in [2.24, 2.45) is 0 Å². The summed E-state index contributed by atoms with van der Waals surface area (Å²) in [6.45, 7) is 4.48. The molecule has 27 heavy (non-hydrogen) atoms. The van der Waals surface area contributed by atoms with Gasteiger partial charge in [-0.05, 0) is 12.8 Å². The van der Waals surface area contributed by atoms with Crippen molar-refractivity contribution < 1.29 is 21.8 Å². The van der Waals surface area contributed by atoms with E-state index in [0.717, 1.165) is 24.9 Å². The van der Waals surface area contributed by atoms with Gasteiger partial charge in [-0.1, -0.05) is 78.1 Å². The first kappa shape index (κ1) is 27.2. The van der Waals surface area contributed by atoms with Crippen LogP contribution in [0.5, 0.6) is 0 Å². The quantitative estimate of drug-likeness (QED) is 0.173. The summed E-state index contributed by atoms with van der Waals surface area (Å²) in [6, 6.07) is 1.65. The van der Waals surface area contributed by atoms with Crippen LogP contribution in [0.3, 0.4) is 0 Å². The highest BCUT2D eigenvalue weighted by molar-refractivity contribution is 6.74. The SMILES string of the molecule is CCCCCCCC[Si](OC)(OC)O[Si](CCCCCCCC)(OC)OC. The molecule has 0 heterocycles. The van der Waals surface area contributed by atoms with Crippen molar-refractivity contribution in [2.75, 3.05) is 28.4 Å². The minimum Gasteiger partial charge on any atom is -0.377 e. The van der Waals surface area contributed by atoms with Gasteiger partial charge in [0.05, 0.1) is 0 Å². The highest BCUT2D eigenvalue weighted by Gasteiger charge is 2.51. The molecule has 0 aliphatic carbocycles. The van der Waals surface area contributed by atoms with Crippen molar-refractivity contribution in [1.82, 2.24) is 0 Å². The van der Waals surface area contributed by atoms with Crippen molar-refractivity contribution in [3.63, 3.8) is 0 Å². The Kier molecular flexibility index (Phi) is 17.3. The van der Waals surface area contributed by atoms with E-state index in [1.807, 2.05) is 0 Å². The van der Waals surface area contributed by atoms with Crippen molar-refractivity contribution >= 4 is 17.6 Å². The first-order valence-corrected chi connectivity index (χ1v) is 14.8.